The van der Waals surface area contributed by atoms with E-state index in [1.165, 1.54) is 23.1 Å². The van der Waals surface area contributed by atoms with Gasteiger partial charge in [0.05, 0.1) is 6.42 Å². The number of nitrogens with one attached hydrogen (secondary N) is 1. The molecule has 5 nitrogen and oxygen atoms in total. The third kappa shape index (κ3) is 5.17. The normalized spacial score (nSPS) is 10.7. The monoisotopic (exact) mass is 424 g/mol. The molecule has 2 aromatic heterocycles. The number of amides is 1. The number of halogens is 2. The lowest BCUT2D eigenvalue weighted by atomic mass is 10.2. The summed E-state index contributed by atoms with van der Waals surface area (Å²) >= 11 is 15.1. The van der Waals surface area contributed by atoms with E-state index >= 15 is 0 Å². The van der Waals surface area contributed by atoms with Gasteiger partial charge in [-0.2, -0.15) is 0 Å². The summed E-state index contributed by atoms with van der Waals surface area (Å²) in [6.45, 7) is 1.90. The van der Waals surface area contributed by atoms with Gasteiger partial charge in [0.15, 0.2) is 4.34 Å². The van der Waals surface area contributed by atoms with E-state index in [1.54, 1.807) is 24.4 Å². The lowest BCUT2D eigenvalue weighted by Crippen LogP contribution is -2.14. The smallest absolute Gasteiger partial charge is 0.230 e. The second-order valence-electron chi connectivity index (χ2n) is 5.39. The first-order valence-electron chi connectivity index (χ1n) is 7.62. The predicted molar refractivity (Wildman–Crippen MR) is 107 cm³/mol. The van der Waals surface area contributed by atoms with E-state index in [2.05, 4.69) is 20.5 Å². The van der Waals surface area contributed by atoms with E-state index < -0.39 is 0 Å². The molecule has 134 valence electrons. The van der Waals surface area contributed by atoms with Gasteiger partial charge in [-0.15, -0.1) is 10.2 Å². The number of nitrogens with zero attached hydrogens (tertiary/aromatic N) is 3. The SMILES string of the molecule is Cc1ccc(CC(=O)Nc2nnc(SCc3c(Cl)cccc3Cl)s2)cn1. The van der Waals surface area contributed by atoms with E-state index in [0.29, 0.717) is 20.9 Å². The largest absolute Gasteiger partial charge is 0.300 e. The average molecular weight is 425 g/mol. The Morgan fingerprint density at radius 1 is 1.19 bits per heavy atom. The molecule has 0 aliphatic carbocycles. The Bertz CT molecular complexity index is 895. The van der Waals surface area contributed by atoms with Crippen LogP contribution in [0.3, 0.4) is 0 Å². The minimum absolute atomic E-state index is 0.155. The summed E-state index contributed by atoms with van der Waals surface area (Å²) in [5, 5.41) is 12.5. The van der Waals surface area contributed by atoms with Gasteiger partial charge in [0, 0.05) is 27.7 Å². The number of aromatic nitrogens is 3. The first-order valence-corrected chi connectivity index (χ1v) is 10.2. The fraction of sp³-hybridized carbons (Fsp3) is 0.176. The minimum Gasteiger partial charge on any atom is -0.300 e. The molecular weight excluding hydrogens is 411 g/mol. The maximum Gasteiger partial charge on any atom is 0.230 e. The highest BCUT2D eigenvalue weighted by molar-refractivity contribution is 8.00. The highest BCUT2D eigenvalue weighted by Gasteiger charge is 2.12. The molecule has 0 radical (unpaired) electrons. The molecule has 0 saturated heterocycles. The van der Waals surface area contributed by atoms with Gasteiger partial charge in [-0.05, 0) is 36.2 Å². The van der Waals surface area contributed by atoms with E-state index in [9.17, 15) is 4.79 Å². The van der Waals surface area contributed by atoms with Crippen molar-refractivity contribution in [1.29, 1.82) is 0 Å². The molecule has 0 aliphatic rings. The molecule has 0 aliphatic heterocycles. The number of hydrogen-bond donors (Lipinski definition) is 1. The van der Waals surface area contributed by atoms with Crippen LogP contribution in [0.25, 0.3) is 0 Å². The van der Waals surface area contributed by atoms with E-state index in [1.807, 2.05) is 19.1 Å². The maximum atomic E-state index is 12.1. The van der Waals surface area contributed by atoms with Crippen molar-refractivity contribution < 1.29 is 4.79 Å². The second kappa shape index (κ2) is 8.81. The van der Waals surface area contributed by atoms with Crippen molar-refractivity contribution >= 4 is 57.3 Å². The fourth-order valence-corrected chi connectivity index (χ4v) is 4.58. The van der Waals surface area contributed by atoms with Crippen molar-refractivity contribution in [2.45, 2.75) is 23.4 Å². The van der Waals surface area contributed by atoms with Gasteiger partial charge in [-0.1, -0.05) is 58.4 Å². The molecule has 3 rings (SSSR count). The summed E-state index contributed by atoms with van der Waals surface area (Å²) in [5.41, 5.74) is 2.62. The van der Waals surface area contributed by atoms with Gasteiger partial charge in [0.1, 0.15) is 0 Å². The van der Waals surface area contributed by atoms with Crippen LogP contribution in [0.15, 0.2) is 40.9 Å². The molecule has 3 aromatic rings. The van der Waals surface area contributed by atoms with Crippen molar-refractivity contribution in [3.05, 3.63) is 63.4 Å². The molecule has 1 aromatic carbocycles. The van der Waals surface area contributed by atoms with Crippen molar-refractivity contribution in [3.63, 3.8) is 0 Å². The fourth-order valence-electron chi connectivity index (χ4n) is 2.07. The number of anilines is 1. The van der Waals surface area contributed by atoms with Crippen LogP contribution in [0.2, 0.25) is 10.0 Å². The Morgan fingerprint density at radius 2 is 1.96 bits per heavy atom. The Morgan fingerprint density at radius 3 is 2.65 bits per heavy atom. The predicted octanol–water partition coefficient (Wildman–Crippen LogP) is 5.02. The summed E-state index contributed by atoms with van der Waals surface area (Å²) in [6.07, 6.45) is 1.94. The van der Waals surface area contributed by atoms with Gasteiger partial charge < -0.3 is 5.32 Å². The number of benzene rings is 1. The van der Waals surface area contributed by atoms with Crippen LogP contribution < -0.4 is 5.32 Å². The van der Waals surface area contributed by atoms with E-state index in [-0.39, 0.29) is 12.3 Å². The summed E-state index contributed by atoms with van der Waals surface area (Å²) < 4.78 is 0.730. The molecule has 0 fully saturated rings. The van der Waals surface area contributed by atoms with E-state index in [0.717, 1.165) is 21.2 Å². The van der Waals surface area contributed by atoms with Gasteiger partial charge in [0.2, 0.25) is 11.0 Å². The Hall–Kier alpha value is -1.67. The zero-order valence-electron chi connectivity index (χ0n) is 13.7. The first-order chi connectivity index (χ1) is 12.5. The molecule has 9 heteroatoms. The Kier molecular flexibility index (Phi) is 6.48. The zero-order valence-corrected chi connectivity index (χ0v) is 16.8. The number of rotatable bonds is 6. The third-order valence-corrected chi connectivity index (χ3v) is 6.10. The van der Waals surface area contributed by atoms with Gasteiger partial charge in [-0.25, -0.2) is 0 Å². The molecule has 0 spiro atoms. The van der Waals surface area contributed by atoms with Crippen LogP contribution in [-0.4, -0.2) is 21.1 Å². The highest BCUT2D eigenvalue weighted by Crippen LogP contribution is 2.33. The highest BCUT2D eigenvalue weighted by atomic mass is 35.5. The van der Waals surface area contributed by atoms with Crippen LogP contribution in [0.4, 0.5) is 5.13 Å². The van der Waals surface area contributed by atoms with Crippen LogP contribution in [0.5, 0.6) is 0 Å². The zero-order chi connectivity index (χ0) is 18.5. The number of pyridine rings is 1. The molecular formula is C17H14Cl2N4OS2. The van der Waals surface area contributed by atoms with Crippen molar-refractivity contribution in [1.82, 2.24) is 15.2 Å². The summed E-state index contributed by atoms with van der Waals surface area (Å²) in [6, 6.07) is 9.17. The van der Waals surface area contributed by atoms with Gasteiger partial charge in [-0.3, -0.25) is 9.78 Å². The van der Waals surface area contributed by atoms with Crippen LogP contribution in [0.1, 0.15) is 16.8 Å². The van der Waals surface area contributed by atoms with E-state index in [4.69, 9.17) is 23.2 Å². The molecule has 0 bridgehead atoms. The molecule has 1 N–H and O–H groups in total. The van der Waals surface area contributed by atoms with Crippen molar-refractivity contribution in [2.75, 3.05) is 5.32 Å². The molecule has 1 amide bonds. The Balaban J connectivity index is 1.56. The topological polar surface area (TPSA) is 67.8 Å². The first kappa shape index (κ1) is 19.1. The molecule has 2 heterocycles. The number of carbonyl (C=O) groups excluding carboxylic acids is 1. The Labute approximate surface area is 169 Å². The van der Waals surface area contributed by atoms with Gasteiger partial charge in [0.25, 0.3) is 0 Å². The van der Waals surface area contributed by atoms with Gasteiger partial charge >= 0.3 is 0 Å². The number of aryl methyl sites for hydroxylation is 1. The summed E-state index contributed by atoms with van der Waals surface area (Å²) in [7, 11) is 0. The molecule has 0 atom stereocenters. The number of thioether (sulfide) groups is 1. The number of carbonyl (C=O) groups is 1. The lowest BCUT2D eigenvalue weighted by Gasteiger charge is -2.04. The summed E-state index contributed by atoms with van der Waals surface area (Å²) in [5.74, 6) is 0.424. The van der Waals surface area contributed by atoms with Crippen molar-refractivity contribution in [2.24, 2.45) is 0 Å². The maximum absolute atomic E-state index is 12.1. The van der Waals surface area contributed by atoms with Crippen LogP contribution >= 0.6 is 46.3 Å². The molecule has 0 saturated carbocycles. The van der Waals surface area contributed by atoms with Crippen molar-refractivity contribution in [3.8, 4) is 0 Å². The quantitative estimate of drug-likeness (QED) is 0.444. The third-order valence-electron chi connectivity index (χ3n) is 3.39. The van der Waals surface area contributed by atoms with Crippen LogP contribution in [-0.2, 0) is 17.0 Å². The summed E-state index contributed by atoms with van der Waals surface area (Å²) in [4.78, 5) is 16.3. The standard InChI is InChI=1S/C17H14Cl2N4OS2/c1-10-5-6-11(8-20-10)7-15(24)21-16-22-23-17(26-16)25-9-12-13(18)3-2-4-14(12)19/h2-6,8H,7,9H2,1H3,(H,21,22,24). The molecule has 26 heavy (non-hydrogen) atoms. The van der Waals surface area contributed by atoms with Crippen LogP contribution in [0, 0.1) is 6.92 Å². The minimum atomic E-state index is -0.155. The lowest BCUT2D eigenvalue weighted by molar-refractivity contribution is -0.115. The molecule has 0 unspecified atom stereocenters. The average Bonchev–Trinajstić information content (AvgIpc) is 3.04. The second-order valence-corrected chi connectivity index (χ2v) is 8.41. The number of hydrogen-bond acceptors (Lipinski definition) is 6.